The van der Waals surface area contributed by atoms with Gasteiger partial charge in [0.05, 0.1) is 49.5 Å². The number of phenolic OH excluding ortho intramolecular Hbond substituents is 1. The first-order chi connectivity index (χ1) is 37.3. The Morgan fingerprint density at radius 1 is 0.475 bits per heavy atom. The number of nitrogens with zero attached hydrogens (tertiary/aromatic N) is 4. The van der Waals surface area contributed by atoms with Gasteiger partial charge in [-0.3, -0.25) is 9.55 Å². The van der Waals surface area contributed by atoms with Crippen LogP contribution in [0.25, 0.3) is 100 Å². The van der Waals surface area contributed by atoms with Crippen LogP contribution in [-0.2, 0) is 37.3 Å². The summed E-state index contributed by atoms with van der Waals surface area (Å²) in [4.78, 5) is 11.1. The molecule has 3 heterocycles. The molecule has 5 nitrogen and oxygen atoms in total. The Balaban J connectivity index is 0.00000720. The van der Waals surface area contributed by atoms with Gasteiger partial charge < -0.3 is 9.67 Å². The molecule has 408 valence electrons. The van der Waals surface area contributed by atoms with Crippen molar-refractivity contribution in [3.8, 4) is 73.2 Å². The van der Waals surface area contributed by atoms with Crippen LogP contribution in [0.3, 0.4) is 0 Å². The van der Waals surface area contributed by atoms with Crippen LogP contribution >= 0.6 is 0 Å². The third-order valence-electron chi connectivity index (χ3n) is 16.0. The molecule has 1 N–H and O–H groups in total. The Kier molecular flexibility index (Phi) is 14.5. The molecule has 0 aliphatic carbocycles. The van der Waals surface area contributed by atoms with Crippen LogP contribution in [0.5, 0.6) is 5.75 Å². The van der Waals surface area contributed by atoms with Crippen LogP contribution in [0.1, 0.15) is 79.0 Å². The molecule has 8 aromatic carbocycles. The van der Waals surface area contributed by atoms with E-state index in [9.17, 15) is 5.11 Å². The van der Waals surface area contributed by atoms with E-state index in [0.717, 1.165) is 88.9 Å². The third-order valence-corrected chi connectivity index (χ3v) is 20.1. The molecule has 11 rings (SSSR count). The van der Waals surface area contributed by atoms with Crippen molar-refractivity contribution in [2.45, 2.75) is 118 Å². The number of aromatic hydroxyl groups is 1. The molecule has 0 unspecified atom stereocenters. The number of rotatable bonds is 9. The summed E-state index contributed by atoms with van der Waals surface area (Å²) in [7, 11) is -3.20. The van der Waals surface area contributed by atoms with Crippen molar-refractivity contribution in [3.05, 3.63) is 199 Å². The Labute approximate surface area is 491 Å². The maximum atomic E-state index is 12.8. The fourth-order valence-corrected chi connectivity index (χ4v) is 13.6. The number of hydrogen-bond donors (Lipinski definition) is 1. The van der Waals surface area contributed by atoms with Gasteiger partial charge in [-0.1, -0.05) is 238 Å². The van der Waals surface area contributed by atoms with Gasteiger partial charge in [0.15, 0.2) is 0 Å². The first kappa shape index (κ1) is 56.4. The summed E-state index contributed by atoms with van der Waals surface area (Å²) in [5.41, 5.74) is 17.5. The number of pyridine rings is 1. The summed E-state index contributed by atoms with van der Waals surface area (Å²) < 4.78 is 4.71. The predicted octanol–water partition coefficient (Wildman–Crippen LogP) is 18.3. The van der Waals surface area contributed by atoms with E-state index in [2.05, 4.69) is 287 Å². The zero-order chi connectivity index (χ0) is 56.1. The zero-order valence-corrected chi connectivity index (χ0v) is 53.6. The van der Waals surface area contributed by atoms with Gasteiger partial charge in [-0.25, -0.2) is 4.98 Å². The van der Waals surface area contributed by atoms with E-state index < -0.39 is 16.1 Å². The smallest absolute Gasteiger partial charge is 0.148 e. The van der Waals surface area contributed by atoms with Crippen molar-refractivity contribution in [2.24, 2.45) is 0 Å². The molecule has 0 aliphatic heterocycles. The average molecular weight is 1260 g/mol. The zero-order valence-electron chi connectivity index (χ0n) is 49.3. The third kappa shape index (κ3) is 10.4. The van der Waals surface area contributed by atoms with Crippen LogP contribution in [0.2, 0.25) is 39.3 Å². The van der Waals surface area contributed by atoms with E-state index in [1.165, 1.54) is 27.1 Å². The fourth-order valence-electron chi connectivity index (χ4n) is 11.3. The maximum Gasteiger partial charge on any atom is 0.148 e. The van der Waals surface area contributed by atoms with E-state index in [0.29, 0.717) is 11.4 Å². The van der Waals surface area contributed by atoms with Crippen LogP contribution in [0, 0.1) is 6.07 Å². The summed E-state index contributed by atoms with van der Waals surface area (Å²) in [6, 6.07) is 66.3. The molecule has 0 spiro atoms. The molecule has 0 saturated heterocycles. The quantitative estimate of drug-likeness (QED) is 0.116. The summed E-state index contributed by atoms with van der Waals surface area (Å²) >= 11 is 0. The van der Waals surface area contributed by atoms with E-state index in [4.69, 9.17) is 9.97 Å². The minimum Gasteiger partial charge on any atom is -0.507 e. The molecule has 0 fully saturated rings. The summed E-state index contributed by atoms with van der Waals surface area (Å²) in [5, 5.41) is 17.8. The minimum absolute atomic E-state index is 0. The van der Waals surface area contributed by atoms with Crippen molar-refractivity contribution in [1.29, 1.82) is 0 Å². The van der Waals surface area contributed by atoms with Crippen molar-refractivity contribution in [3.63, 3.8) is 0 Å². The number of fused-ring (bicyclic) bond motifs is 4. The van der Waals surface area contributed by atoms with Gasteiger partial charge in [0.25, 0.3) is 0 Å². The molecule has 11 aromatic rings. The van der Waals surface area contributed by atoms with Crippen molar-refractivity contribution in [2.75, 3.05) is 0 Å². The van der Waals surface area contributed by atoms with Gasteiger partial charge in [0, 0.05) is 60.5 Å². The average Bonchev–Trinajstić information content (AvgIpc) is 4.14. The molecule has 80 heavy (non-hydrogen) atoms. The Morgan fingerprint density at radius 3 is 1.76 bits per heavy atom. The normalized spacial score (nSPS) is 12.6. The molecule has 0 aliphatic rings. The predicted molar refractivity (Wildman–Crippen MR) is 343 cm³/mol. The summed E-state index contributed by atoms with van der Waals surface area (Å²) in [5.74, 6) is 0.942. The molecule has 0 atom stereocenters. The monoisotopic (exact) mass is 1260 g/mol. The minimum atomic E-state index is -1.76. The second-order valence-corrected chi connectivity index (χ2v) is 37.1. The van der Waals surface area contributed by atoms with Crippen LogP contribution in [0.4, 0.5) is 0 Å². The van der Waals surface area contributed by atoms with Crippen molar-refractivity contribution in [1.82, 2.24) is 19.1 Å². The second kappa shape index (κ2) is 20.6. The molecular formula is C72H75N4OPtSi2-. The molecule has 0 radical (unpaired) electrons. The second-order valence-electron chi connectivity index (χ2n) is 26.9. The molecule has 3 aromatic heterocycles. The van der Waals surface area contributed by atoms with Gasteiger partial charge in [0.1, 0.15) is 11.6 Å². The van der Waals surface area contributed by atoms with Crippen molar-refractivity contribution < 1.29 is 26.2 Å². The van der Waals surface area contributed by atoms with Gasteiger partial charge in [-0.15, -0.1) is 29.3 Å². The number of imidazole rings is 1. The first-order valence-corrected chi connectivity index (χ1v) is 35.0. The topological polar surface area (TPSA) is 55.9 Å². The summed E-state index contributed by atoms with van der Waals surface area (Å²) in [6.45, 7) is 34.5. The standard InChI is InChI=1S/C72H75N4OSi2.Pt/c1-70(2,3)51-40-49(39-50(41-51)66-65-57-27-19-20-29-61(57)75(63(65)37-38-73-66)53-26-21-25-48(42-53)46-31-33-54(34-32-46)78(10,11)12)56-28-22-30-64-67(56)74-69(59-43-52(71(4,5)6)44-60(68(59)77)72(7,8)9)76(64)62-36-35-55(79(13,14)15)45-58(62)47-23-17-16-18-24-47;/h16-38,40-45,77H,1-15H3;/q-1;. The molecular weight excluding hydrogens is 1190 g/mol. The SMILES string of the molecule is CC(C)(C)c1cc(-c2cccc3c2nc(-c2cc(C(C)(C)C)cc(C(C)(C)C)c2O)n3-c2ccc([Si](C)(C)C)cc2-c2ccccc2)[c-]c(-c2nccc3c2c2ccccc2n3-c2cccc(-c3ccc([Si](C)(C)C)cc3)c2)c1.[Pt]. The van der Waals surface area contributed by atoms with E-state index in [-0.39, 0.29) is 43.1 Å². The van der Waals surface area contributed by atoms with Gasteiger partial charge in [0.2, 0.25) is 0 Å². The largest absolute Gasteiger partial charge is 0.507 e. The molecule has 0 bridgehead atoms. The van der Waals surface area contributed by atoms with Gasteiger partial charge in [-0.2, -0.15) is 0 Å². The number of phenols is 1. The van der Waals surface area contributed by atoms with Crippen molar-refractivity contribution >= 4 is 59.4 Å². The van der Waals surface area contributed by atoms with Crippen LogP contribution in [0.15, 0.2) is 176 Å². The summed E-state index contributed by atoms with van der Waals surface area (Å²) in [6.07, 6.45) is 1.96. The maximum absolute atomic E-state index is 12.8. The van der Waals surface area contributed by atoms with Gasteiger partial charge >= 0.3 is 0 Å². The molecule has 0 amide bonds. The van der Waals surface area contributed by atoms with E-state index in [1.54, 1.807) is 0 Å². The number of benzene rings is 8. The number of aromatic nitrogens is 4. The number of hydrogen-bond acceptors (Lipinski definition) is 3. The molecule has 0 saturated carbocycles. The van der Waals surface area contributed by atoms with Crippen LogP contribution < -0.4 is 10.4 Å². The molecule has 8 heteroatoms. The number of para-hydroxylation sites is 2. The Hall–Kier alpha value is -6.90. The Bertz CT molecular complexity index is 4150. The Morgan fingerprint density at radius 2 is 1.09 bits per heavy atom. The van der Waals surface area contributed by atoms with E-state index >= 15 is 0 Å². The fraction of sp³-hybridized carbons (Fsp3) is 0.250. The first-order valence-electron chi connectivity index (χ1n) is 28.0. The van der Waals surface area contributed by atoms with E-state index in [1.807, 2.05) is 6.20 Å². The van der Waals surface area contributed by atoms with Gasteiger partial charge in [-0.05, 0) is 81.0 Å². The van der Waals surface area contributed by atoms with Crippen LogP contribution in [-0.4, -0.2) is 40.4 Å².